The number of urea groups is 2. The van der Waals surface area contributed by atoms with Crippen molar-refractivity contribution in [3.8, 4) is 0 Å². The molecule has 0 aromatic heterocycles. The summed E-state index contributed by atoms with van der Waals surface area (Å²) in [6.45, 7) is 6.52. The van der Waals surface area contributed by atoms with E-state index < -0.39 is 0 Å². The number of imide groups is 1. The summed E-state index contributed by atoms with van der Waals surface area (Å²) in [5, 5.41) is 0. The van der Waals surface area contributed by atoms with E-state index in [1.165, 1.54) is 120 Å². The monoisotopic (exact) mass is 465 g/mol. The van der Waals surface area contributed by atoms with E-state index >= 15 is 0 Å². The predicted molar refractivity (Wildman–Crippen MR) is 141 cm³/mol. The van der Waals surface area contributed by atoms with Gasteiger partial charge in [0.2, 0.25) is 0 Å². The van der Waals surface area contributed by atoms with Crippen molar-refractivity contribution in [2.24, 2.45) is 0 Å². The van der Waals surface area contributed by atoms with Crippen LogP contribution in [-0.4, -0.2) is 53.6 Å². The fourth-order valence-electron chi connectivity index (χ4n) is 4.75. The molecule has 1 saturated heterocycles. The van der Waals surface area contributed by atoms with Crippen LogP contribution in [0.25, 0.3) is 0 Å². The number of nitrogens with zero attached hydrogens (tertiary/aromatic N) is 3. The summed E-state index contributed by atoms with van der Waals surface area (Å²) >= 11 is 0. The van der Waals surface area contributed by atoms with Crippen molar-refractivity contribution in [2.75, 3.05) is 26.8 Å². The van der Waals surface area contributed by atoms with Crippen molar-refractivity contribution in [2.45, 2.75) is 142 Å². The molecule has 5 heteroatoms. The van der Waals surface area contributed by atoms with Gasteiger partial charge in [0, 0.05) is 20.1 Å². The van der Waals surface area contributed by atoms with Crippen LogP contribution >= 0.6 is 0 Å². The van der Waals surface area contributed by atoms with E-state index in [1.807, 2.05) is 9.80 Å². The number of carbonyl (C=O) groups is 2. The van der Waals surface area contributed by atoms with Crippen LogP contribution in [0.1, 0.15) is 142 Å². The quantitative estimate of drug-likeness (QED) is 0.150. The zero-order chi connectivity index (χ0) is 24.2. The fourth-order valence-corrected chi connectivity index (χ4v) is 4.75. The molecule has 0 bridgehead atoms. The molecule has 0 aromatic carbocycles. The lowest BCUT2D eigenvalue weighted by Gasteiger charge is -2.39. The molecule has 0 radical (unpaired) electrons. The van der Waals surface area contributed by atoms with Gasteiger partial charge in [-0.1, -0.05) is 129 Å². The molecule has 4 amide bonds. The summed E-state index contributed by atoms with van der Waals surface area (Å²) in [5.41, 5.74) is 0. The van der Waals surface area contributed by atoms with Crippen LogP contribution in [0.4, 0.5) is 9.59 Å². The molecule has 0 aliphatic carbocycles. The summed E-state index contributed by atoms with van der Waals surface area (Å²) in [4.78, 5) is 30.1. The predicted octanol–water partition coefficient (Wildman–Crippen LogP) is 8.58. The van der Waals surface area contributed by atoms with Crippen LogP contribution < -0.4 is 0 Å². The Kier molecular flexibility index (Phi) is 18.2. The summed E-state index contributed by atoms with van der Waals surface area (Å²) < 4.78 is 0. The SMILES string of the molecule is CCCCCCCCCCCCN1CN(CCCCCCCCCCCC)C(=O)N(C)C1=O. The van der Waals surface area contributed by atoms with Gasteiger partial charge in [-0.3, -0.25) is 0 Å². The largest absolute Gasteiger partial charge is 0.329 e. The van der Waals surface area contributed by atoms with Crippen molar-refractivity contribution in [3.05, 3.63) is 0 Å². The Bertz CT molecular complexity index is 456. The number of unbranched alkanes of at least 4 members (excludes halogenated alkanes) is 18. The number of hydrogen-bond donors (Lipinski definition) is 0. The normalized spacial score (nSPS) is 14.6. The topological polar surface area (TPSA) is 43.9 Å². The maximum atomic E-state index is 12.5. The number of rotatable bonds is 22. The van der Waals surface area contributed by atoms with Gasteiger partial charge in [0.15, 0.2) is 0 Å². The molecule has 0 atom stereocenters. The Labute approximate surface area is 205 Å². The number of amides is 4. The van der Waals surface area contributed by atoms with Crippen LogP contribution in [0, 0.1) is 0 Å². The van der Waals surface area contributed by atoms with Gasteiger partial charge >= 0.3 is 12.1 Å². The first kappa shape index (κ1) is 29.8. The third-order valence-corrected chi connectivity index (χ3v) is 7.02. The van der Waals surface area contributed by atoms with Crippen molar-refractivity contribution < 1.29 is 9.59 Å². The Morgan fingerprint density at radius 3 is 1.06 bits per heavy atom. The molecule has 0 aromatic rings. The molecule has 33 heavy (non-hydrogen) atoms. The molecular weight excluding hydrogens is 410 g/mol. The summed E-state index contributed by atoms with van der Waals surface area (Å²) in [6, 6.07) is -0.259. The highest BCUT2D eigenvalue weighted by Gasteiger charge is 2.33. The molecule has 0 spiro atoms. The zero-order valence-electron chi connectivity index (χ0n) is 22.4. The van der Waals surface area contributed by atoms with E-state index in [1.54, 1.807) is 7.05 Å². The maximum absolute atomic E-state index is 12.5. The zero-order valence-corrected chi connectivity index (χ0v) is 22.4. The standard InChI is InChI=1S/C28H55N3O2/c1-4-6-8-10-12-14-16-18-20-22-24-30-26-31(28(33)29(3)27(30)32)25-23-21-19-17-15-13-11-9-7-5-2/h4-26H2,1-3H3. The van der Waals surface area contributed by atoms with Gasteiger partial charge in [-0.15, -0.1) is 0 Å². The third-order valence-electron chi connectivity index (χ3n) is 7.02. The van der Waals surface area contributed by atoms with Gasteiger partial charge in [0.05, 0.1) is 6.67 Å². The molecule has 0 unspecified atom stereocenters. The van der Waals surface area contributed by atoms with E-state index in [0.29, 0.717) is 6.67 Å². The van der Waals surface area contributed by atoms with E-state index in [2.05, 4.69) is 13.8 Å². The Hall–Kier alpha value is -1.26. The van der Waals surface area contributed by atoms with Gasteiger partial charge in [0.1, 0.15) is 0 Å². The van der Waals surface area contributed by atoms with Gasteiger partial charge in [-0.05, 0) is 12.8 Å². The minimum Gasteiger partial charge on any atom is -0.306 e. The van der Waals surface area contributed by atoms with Crippen LogP contribution in [-0.2, 0) is 0 Å². The van der Waals surface area contributed by atoms with E-state index in [4.69, 9.17) is 0 Å². The smallest absolute Gasteiger partial charge is 0.306 e. The molecule has 194 valence electrons. The molecule has 1 heterocycles. The number of carbonyl (C=O) groups excluding carboxylic acids is 2. The Morgan fingerprint density at radius 1 is 0.485 bits per heavy atom. The molecule has 1 aliphatic rings. The molecule has 1 rings (SSSR count). The lowest BCUT2D eigenvalue weighted by Crippen LogP contribution is -2.59. The molecule has 1 fully saturated rings. The summed E-state index contributed by atoms with van der Waals surface area (Å²) in [6.07, 6.45) is 25.9. The average Bonchev–Trinajstić information content (AvgIpc) is 2.82. The number of hydrogen-bond acceptors (Lipinski definition) is 2. The Morgan fingerprint density at radius 2 is 0.758 bits per heavy atom. The second kappa shape index (κ2) is 20.1. The van der Waals surface area contributed by atoms with Crippen LogP contribution in [0.15, 0.2) is 0 Å². The highest BCUT2D eigenvalue weighted by molar-refractivity contribution is 5.95. The fraction of sp³-hybridized carbons (Fsp3) is 0.929. The minimum absolute atomic E-state index is 0.129. The molecule has 5 nitrogen and oxygen atoms in total. The van der Waals surface area contributed by atoms with Gasteiger partial charge in [-0.2, -0.15) is 0 Å². The first-order chi connectivity index (χ1) is 16.1. The van der Waals surface area contributed by atoms with E-state index in [0.717, 1.165) is 25.9 Å². The van der Waals surface area contributed by atoms with Gasteiger partial charge < -0.3 is 9.80 Å². The molecule has 0 saturated carbocycles. The highest BCUT2D eigenvalue weighted by atomic mass is 16.2. The second-order valence-electron chi connectivity index (χ2n) is 10.2. The maximum Gasteiger partial charge on any atom is 0.329 e. The van der Waals surface area contributed by atoms with Crippen molar-refractivity contribution in [3.63, 3.8) is 0 Å². The highest BCUT2D eigenvalue weighted by Crippen LogP contribution is 2.16. The minimum atomic E-state index is -0.129. The summed E-state index contributed by atoms with van der Waals surface area (Å²) in [5.74, 6) is 0. The molecule has 1 aliphatic heterocycles. The Balaban J connectivity index is 2.12. The summed E-state index contributed by atoms with van der Waals surface area (Å²) in [7, 11) is 1.63. The van der Waals surface area contributed by atoms with Crippen molar-refractivity contribution >= 4 is 12.1 Å². The molecule has 0 N–H and O–H groups in total. The van der Waals surface area contributed by atoms with Crippen LogP contribution in [0.3, 0.4) is 0 Å². The first-order valence-electron chi connectivity index (χ1n) is 14.4. The van der Waals surface area contributed by atoms with Gasteiger partial charge in [-0.25, -0.2) is 14.5 Å². The third kappa shape index (κ3) is 13.9. The lowest BCUT2D eigenvalue weighted by molar-refractivity contribution is 0.0837. The second-order valence-corrected chi connectivity index (χ2v) is 10.2. The van der Waals surface area contributed by atoms with Crippen LogP contribution in [0.5, 0.6) is 0 Å². The van der Waals surface area contributed by atoms with Crippen molar-refractivity contribution in [1.82, 2.24) is 14.7 Å². The lowest BCUT2D eigenvalue weighted by atomic mass is 10.1. The average molecular weight is 466 g/mol. The van der Waals surface area contributed by atoms with E-state index in [-0.39, 0.29) is 12.1 Å². The first-order valence-corrected chi connectivity index (χ1v) is 14.4. The van der Waals surface area contributed by atoms with Gasteiger partial charge in [0.25, 0.3) is 0 Å². The van der Waals surface area contributed by atoms with Crippen molar-refractivity contribution in [1.29, 1.82) is 0 Å². The van der Waals surface area contributed by atoms with Crippen LogP contribution in [0.2, 0.25) is 0 Å². The molecular formula is C28H55N3O2. The van der Waals surface area contributed by atoms with E-state index in [9.17, 15) is 9.59 Å².